The quantitative estimate of drug-likeness (QED) is 0.734. The zero-order valence-electron chi connectivity index (χ0n) is 12.5. The van der Waals surface area contributed by atoms with E-state index < -0.39 is 35.6 Å². The first kappa shape index (κ1) is 17.6. The molecule has 0 fully saturated rings. The number of primary amides is 1. The molecule has 0 radical (unpaired) electrons. The van der Waals surface area contributed by atoms with Crippen LogP contribution in [0.2, 0.25) is 0 Å². The molecule has 3 N–H and O–H groups in total. The molecule has 120 valence electrons. The minimum atomic E-state index is -1.05. The minimum Gasteiger partial charge on any atom is -0.466 e. The highest BCUT2D eigenvalue weighted by Gasteiger charge is 2.25. The van der Waals surface area contributed by atoms with Gasteiger partial charge in [-0.3, -0.25) is 14.4 Å². The summed E-state index contributed by atoms with van der Waals surface area (Å²) < 4.78 is 17.9. The van der Waals surface area contributed by atoms with Gasteiger partial charge in [0.05, 0.1) is 12.5 Å². The molecule has 1 aromatic carbocycles. The van der Waals surface area contributed by atoms with E-state index >= 15 is 0 Å². The summed E-state index contributed by atoms with van der Waals surface area (Å²) in [6, 6.07) is 3.98. The number of carbonyl (C=O) groups is 3. The molecule has 0 saturated heterocycles. The van der Waals surface area contributed by atoms with Crippen LogP contribution in [0, 0.1) is 11.7 Å². The van der Waals surface area contributed by atoms with Crippen molar-refractivity contribution >= 4 is 17.8 Å². The van der Waals surface area contributed by atoms with E-state index in [1.165, 1.54) is 18.2 Å². The number of esters is 1. The molecule has 0 heterocycles. The van der Waals surface area contributed by atoms with Crippen molar-refractivity contribution in [1.82, 2.24) is 5.32 Å². The third-order valence-corrected chi connectivity index (χ3v) is 3.01. The Balaban J connectivity index is 2.74. The van der Waals surface area contributed by atoms with E-state index in [1.54, 1.807) is 13.8 Å². The van der Waals surface area contributed by atoms with Crippen LogP contribution in [0.15, 0.2) is 24.3 Å². The molecule has 0 spiro atoms. The van der Waals surface area contributed by atoms with Crippen molar-refractivity contribution in [3.05, 3.63) is 35.6 Å². The second-order valence-corrected chi connectivity index (χ2v) is 4.83. The zero-order valence-corrected chi connectivity index (χ0v) is 12.5. The molecule has 0 aromatic heterocycles. The lowest BCUT2D eigenvalue weighted by Gasteiger charge is -2.18. The number of hydrogen-bond acceptors (Lipinski definition) is 4. The van der Waals surface area contributed by atoms with Gasteiger partial charge in [0.15, 0.2) is 0 Å². The summed E-state index contributed by atoms with van der Waals surface area (Å²) in [4.78, 5) is 35.0. The molecule has 0 aliphatic heterocycles. The second kappa shape index (κ2) is 8.11. The standard InChI is InChI=1S/C15H19FN2O4/c1-3-22-15(21)9(2)7-12(13(17)19)18-14(20)10-5-4-6-11(16)8-10/h4-6,8-9,12H,3,7H2,1-2H3,(H2,17,19)(H,18,20)/t9-,12+/m0/s1. The van der Waals surface area contributed by atoms with Crippen molar-refractivity contribution in [1.29, 1.82) is 0 Å². The Labute approximate surface area is 127 Å². The Kier molecular flexibility index (Phi) is 6.49. The predicted molar refractivity (Wildman–Crippen MR) is 77.3 cm³/mol. The molecule has 2 atom stereocenters. The van der Waals surface area contributed by atoms with Crippen LogP contribution in [0.5, 0.6) is 0 Å². The van der Waals surface area contributed by atoms with Crippen molar-refractivity contribution in [2.75, 3.05) is 6.61 Å². The van der Waals surface area contributed by atoms with E-state index in [2.05, 4.69) is 5.32 Å². The molecule has 22 heavy (non-hydrogen) atoms. The average molecular weight is 310 g/mol. The van der Waals surface area contributed by atoms with E-state index in [9.17, 15) is 18.8 Å². The summed E-state index contributed by atoms with van der Waals surface area (Å²) in [5, 5.41) is 2.40. The molecular formula is C15H19FN2O4. The van der Waals surface area contributed by atoms with Crippen LogP contribution in [0.1, 0.15) is 30.6 Å². The molecule has 7 heteroatoms. The zero-order chi connectivity index (χ0) is 16.7. The molecule has 0 saturated carbocycles. The highest BCUT2D eigenvalue weighted by Crippen LogP contribution is 2.10. The van der Waals surface area contributed by atoms with Gasteiger partial charge in [-0.1, -0.05) is 13.0 Å². The van der Waals surface area contributed by atoms with Gasteiger partial charge in [0.25, 0.3) is 5.91 Å². The number of nitrogens with two attached hydrogens (primary N) is 1. The average Bonchev–Trinajstić information content (AvgIpc) is 2.46. The summed E-state index contributed by atoms with van der Waals surface area (Å²) in [7, 11) is 0. The Morgan fingerprint density at radius 2 is 2.05 bits per heavy atom. The summed E-state index contributed by atoms with van der Waals surface area (Å²) >= 11 is 0. The Morgan fingerprint density at radius 1 is 1.36 bits per heavy atom. The number of ether oxygens (including phenoxy) is 1. The van der Waals surface area contributed by atoms with Crippen LogP contribution in [-0.4, -0.2) is 30.4 Å². The first-order valence-electron chi connectivity index (χ1n) is 6.87. The lowest BCUT2D eigenvalue weighted by molar-refractivity contribution is -0.147. The molecule has 6 nitrogen and oxygen atoms in total. The predicted octanol–water partition coefficient (Wildman–Crippen LogP) is 0.999. The number of amides is 2. The van der Waals surface area contributed by atoms with E-state index in [0.717, 1.165) is 6.07 Å². The third kappa shape index (κ3) is 5.16. The van der Waals surface area contributed by atoms with E-state index in [0.29, 0.717) is 0 Å². The lowest BCUT2D eigenvalue weighted by Crippen LogP contribution is -2.46. The van der Waals surface area contributed by atoms with Gasteiger partial charge < -0.3 is 15.8 Å². The maximum Gasteiger partial charge on any atom is 0.308 e. The van der Waals surface area contributed by atoms with Gasteiger partial charge in [-0.15, -0.1) is 0 Å². The number of benzene rings is 1. The van der Waals surface area contributed by atoms with E-state index in [-0.39, 0.29) is 18.6 Å². The highest BCUT2D eigenvalue weighted by atomic mass is 19.1. The smallest absolute Gasteiger partial charge is 0.308 e. The normalized spacial score (nSPS) is 13.0. The SMILES string of the molecule is CCOC(=O)[C@@H](C)C[C@@H](NC(=O)c1cccc(F)c1)C(N)=O. The molecule has 0 aliphatic carbocycles. The van der Waals surface area contributed by atoms with Crippen LogP contribution in [0.25, 0.3) is 0 Å². The van der Waals surface area contributed by atoms with Crippen LogP contribution in [0.3, 0.4) is 0 Å². The maximum absolute atomic E-state index is 13.1. The van der Waals surface area contributed by atoms with Gasteiger partial charge in [0.2, 0.25) is 5.91 Å². The Hall–Kier alpha value is -2.44. The molecule has 2 amide bonds. The number of hydrogen-bond donors (Lipinski definition) is 2. The Bertz CT molecular complexity index is 562. The number of halogens is 1. The fraction of sp³-hybridized carbons (Fsp3) is 0.400. The van der Waals surface area contributed by atoms with Crippen LogP contribution in [-0.2, 0) is 14.3 Å². The topological polar surface area (TPSA) is 98.5 Å². The summed E-state index contributed by atoms with van der Waals surface area (Å²) in [6.07, 6.45) is 0.00915. The van der Waals surface area contributed by atoms with Gasteiger partial charge >= 0.3 is 5.97 Å². The van der Waals surface area contributed by atoms with E-state index in [1.807, 2.05) is 0 Å². The van der Waals surface area contributed by atoms with Crippen molar-refractivity contribution in [3.63, 3.8) is 0 Å². The second-order valence-electron chi connectivity index (χ2n) is 4.83. The fourth-order valence-corrected chi connectivity index (χ4v) is 1.85. The van der Waals surface area contributed by atoms with Crippen molar-refractivity contribution in [2.45, 2.75) is 26.3 Å². The van der Waals surface area contributed by atoms with Crippen molar-refractivity contribution in [3.8, 4) is 0 Å². The van der Waals surface area contributed by atoms with Gasteiger partial charge in [-0.05, 0) is 31.5 Å². The van der Waals surface area contributed by atoms with Crippen LogP contribution in [0.4, 0.5) is 4.39 Å². The maximum atomic E-state index is 13.1. The molecule has 1 rings (SSSR count). The summed E-state index contributed by atoms with van der Waals surface area (Å²) in [5.41, 5.74) is 5.30. The van der Waals surface area contributed by atoms with Crippen molar-refractivity contribution < 1.29 is 23.5 Å². The number of rotatable bonds is 7. The number of carbonyl (C=O) groups excluding carboxylic acids is 3. The van der Waals surface area contributed by atoms with Crippen molar-refractivity contribution in [2.24, 2.45) is 11.7 Å². The molecular weight excluding hydrogens is 291 g/mol. The lowest BCUT2D eigenvalue weighted by atomic mass is 10.0. The Morgan fingerprint density at radius 3 is 2.59 bits per heavy atom. The first-order chi connectivity index (χ1) is 10.3. The minimum absolute atomic E-state index is 0.00915. The fourth-order valence-electron chi connectivity index (χ4n) is 1.85. The third-order valence-electron chi connectivity index (χ3n) is 3.01. The van der Waals surface area contributed by atoms with Gasteiger partial charge in [-0.25, -0.2) is 4.39 Å². The molecule has 0 aliphatic rings. The van der Waals surface area contributed by atoms with Gasteiger partial charge in [0.1, 0.15) is 11.9 Å². The summed E-state index contributed by atoms with van der Waals surface area (Å²) in [6.45, 7) is 3.46. The van der Waals surface area contributed by atoms with Crippen LogP contribution >= 0.6 is 0 Å². The highest BCUT2D eigenvalue weighted by molar-refractivity contribution is 5.97. The first-order valence-corrected chi connectivity index (χ1v) is 6.87. The van der Waals surface area contributed by atoms with E-state index in [4.69, 9.17) is 10.5 Å². The molecule has 1 aromatic rings. The number of nitrogens with one attached hydrogen (secondary N) is 1. The largest absolute Gasteiger partial charge is 0.466 e. The molecule has 0 bridgehead atoms. The summed E-state index contributed by atoms with van der Waals surface area (Å²) in [5.74, 6) is -3.07. The molecule has 0 unspecified atom stereocenters. The van der Waals surface area contributed by atoms with Crippen LogP contribution < -0.4 is 11.1 Å². The van der Waals surface area contributed by atoms with Gasteiger partial charge in [-0.2, -0.15) is 0 Å². The monoisotopic (exact) mass is 310 g/mol. The van der Waals surface area contributed by atoms with Gasteiger partial charge in [0, 0.05) is 5.56 Å².